The first kappa shape index (κ1) is 13.6. The van der Waals surface area contributed by atoms with Crippen LogP contribution in [0, 0.1) is 19.8 Å². The van der Waals surface area contributed by atoms with Gasteiger partial charge in [-0.25, -0.2) is 0 Å². The van der Waals surface area contributed by atoms with Crippen molar-refractivity contribution in [2.75, 3.05) is 13.2 Å². The molecular formula is C15H18O4. The molecular weight excluding hydrogens is 244 g/mol. The highest BCUT2D eigenvalue weighted by atomic mass is 16.5. The zero-order valence-corrected chi connectivity index (χ0v) is 11.5. The molecule has 1 atom stereocenters. The van der Waals surface area contributed by atoms with E-state index in [-0.39, 0.29) is 12.4 Å². The lowest BCUT2D eigenvalue weighted by molar-refractivity contribution is -0.146. The number of rotatable bonds is 2. The zero-order valence-electron chi connectivity index (χ0n) is 11.5. The molecule has 0 amide bonds. The Morgan fingerprint density at radius 1 is 1.42 bits per heavy atom. The van der Waals surface area contributed by atoms with E-state index in [4.69, 9.17) is 9.47 Å². The molecule has 0 radical (unpaired) electrons. The monoisotopic (exact) mass is 262 g/mol. The number of carbonyl (C=O) groups is 2. The normalized spacial score (nSPS) is 18.3. The summed E-state index contributed by atoms with van der Waals surface area (Å²) in [6.45, 7) is 6.20. The molecule has 0 spiro atoms. The summed E-state index contributed by atoms with van der Waals surface area (Å²) in [5.74, 6) is -0.800. The molecule has 102 valence electrons. The molecule has 1 aliphatic rings. The van der Waals surface area contributed by atoms with Crippen LogP contribution in [0.2, 0.25) is 0 Å². The van der Waals surface area contributed by atoms with Crippen molar-refractivity contribution < 1.29 is 19.1 Å². The summed E-state index contributed by atoms with van der Waals surface area (Å²) in [7, 11) is 0. The van der Waals surface area contributed by atoms with E-state index in [9.17, 15) is 9.59 Å². The molecule has 1 heterocycles. The quantitative estimate of drug-likeness (QED) is 0.607. The van der Waals surface area contributed by atoms with Crippen molar-refractivity contribution in [2.45, 2.75) is 27.2 Å². The van der Waals surface area contributed by atoms with E-state index in [1.54, 1.807) is 13.0 Å². The van der Waals surface area contributed by atoms with Gasteiger partial charge in [0.05, 0.1) is 18.8 Å². The molecule has 1 unspecified atom stereocenters. The first-order valence-corrected chi connectivity index (χ1v) is 6.49. The molecule has 4 heteroatoms. The van der Waals surface area contributed by atoms with E-state index >= 15 is 0 Å². The molecule has 1 aromatic carbocycles. The molecule has 0 saturated heterocycles. The van der Waals surface area contributed by atoms with Crippen molar-refractivity contribution in [1.82, 2.24) is 0 Å². The zero-order chi connectivity index (χ0) is 14.0. The van der Waals surface area contributed by atoms with Gasteiger partial charge in [-0.2, -0.15) is 0 Å². The maximum atomic E-state index is 12.5. The standard InChI is InChI=1S/C15H18O4/c1-4-18-15(17)11-5-6-19-14-10(3)7-9(2)8-12(14)13(11)16/h7-8,11H,4-6H2,1-3H3. The molecule has 4 nitrogen and oxygen atoms in total. The lowest BCUT2D eigenvalue weighted by atomic mass is 9.93. The molecule has 1 aromatic rings. The molecule has 2 rings (SSSR count). The molecule has 19 heavy (non-hydrogen) atoms. The van der Waals surface area contributed by atoms with Crippen molar-refractivity contribution in [3.63, 3.8) is 0 Å². The number of ether oxygens (including phenoxy) is 2. The molecule has 0 bridgehead atoms. The Kier molecular flexibility index (Phi) is 3.88. The van der Waals surface area contributed by atoms with E-state index < -0.39 is 11.9 Å². The van der Waals surface area contributed by atoms with Crippen LogP contribution in [-0.4, -0.2) is 25.0 Å². The minimum Gasteiger partial charge on any atom is -0.493 e. The van der Waals surface area contributed by atoms with Gasteiger partial charge in [-0.3, -0.25) is 9.59 Å². The van der Waals surface area contributed by atoms with Gasteiger partial charge >= 0.3 is 5.97 Å². The van der Waals surface area contributed by atoms with E-state index in [0.29, 0.717) is 24.3 Å². The van der Waals surface area contributed by atoms with Gasteiger partial charge in [0.1, 0.15) is 11.7 Å². The van der Waals surface area contributed by atoms with Crippen LogP contribution in [0.5, 0.6) is 5.75 Å². The van der Waals surface area contributed by atoms with Gasteiger partial charge in [-0.1, -0.05) is 6.07 Å². The highest BCUT2D eigenvalue weighted by Crippen LogP contribution is 2.31. The van der Waals surface area contributed by atoms with Crippen LogP contribution in [0.15, 0.2) is 12.1 Å². The number of hydrogen-bond acceptors (Lipinski definition) is 4. The van der Waals surface area contributed by atoms with Gasteiger partial charge in [-0.15, -0.1) is 0 Å². The van der Waals surface area contributed by atoms with Gasteiger partial charge in [-0.05, 0) is 38.0 Å². The van der Waals surface area contributed by atoms with Crippen molar-refractivity contribution in [2.24, 2.45) is 5.92 Å². The number of benzene rings is 1. The van der Waals surface area contributed by atoms with Crippen LogP contribution in [0.4, 0.5) is 0 Å². The predicted octanol–water partition coefficient (Wildman–Crippen LogP) is 2.45. The van der Waals surface area contributed by atoms with Crippen molar-refractivity contribution in [3.05, 3.63) is 28.8 Å². The first-order valence-electron chi connectivity index (χ1n) is 6.49. The number of aryl methyl sites for hydroxylation is 2. The molecule has 0 aliphatic carbocycles. The van der Waals surface area contributed by atoms with Crippen molar-refractivity contribution >= 4 is 11.8 Å². The summed E-state index contributed by atoms with van der Waals surface area (Å²) in [6, 6.07) is 3.75. The number of carbonyl (C=O) groups excluding carboxylic acids is 2. The van der Waals surface area contributed by atoms with Crippen LogP contribution < -0.4 is 4.74 Å². The molecule has 1 aliphatic heterocycles. The maximum absolute atomic E-state index is 12.5. The Balaban J connectivity index is 2.41. The van der Waals surface area contributed by atoms with E-state index in [2.05, 4.69) is 0 Å². The van der Waals surface area contributed by atoms with Gasteiger partial charge in [0.15, 0.2) is 5.78 Å². The third-order valence-corrected chi connectivity index (χ3v) is 3.22. The van der Waals surface area contributed by atoms with Crippen LogP contribution in [0.3, 0.4) is 0 Å². The Morgan fingerprint density at radius 2 is 2.16 bits per heavy atom. The summed E-state index contributed by atoms with van der Waals surface area (Å²) in [6.07, 6.45) is 0.366. The van der Waals surface area contributed by atoms with Crippen LogP contribution in [0.25, 0.3) is 0 Å². The second-order valence-electron chi connectivity index (χ2n) is 4.76. The highest BCUT2D eigenvalue weighted by Gasteiger charge is 2.33. The van der Waals surface area contributed by atoms with Gasteiger partial charge in [0.2, 0.25) is 0 Å². The lowest BCUT2D eigenvalue weighted by Crippen LogP contribution is -2.26. The second-order valence-corrected chi connectivity index (χ2v) is 4.76. The summed E-state index contributed by atoms with van der Waals surface area (Å²) in [4.78, 5) is 24.3. The Hall–Kier alpha value is -1.84. The van der Waals surface area contributed by atoms with Gasteiger partial charge < -0.3 is 9.47 Å². The Labute approximate surface area is 112 Å². The summed E-state index contributed by atoms with van der Waals surface area (Å²) < 4.78 is 10.6. The second kappa shape index (κ2) is 5.43. The predicted molar refractivity (Wildman–Crippen MR) is 70.5 cm³/mol. The minimum absolute atomic E-state index is 0.197. The van der Waals surface area contributed by atoms with E-state index in [0.717, 1.165) is 11.1 Å². The van der Waals surface area contributed by atoms with Crippen LogP contribution >= 0.6 is 0 Å². The fourth-order valence-corrected chi connectivity index (χ4v) is 2.39. The fourth-order valence-electron chi connectivity index (χ4n) is 2.39. The molecule has 0 aromatic heterocycles. The SMILES string of the molecule is CCOC(=O)C1CCOc2c(C)cc(C)cc2C1=O. The van der Waals surface area contributed by atoms with Crippen molar-refractivity contribution in [1.29, 1.82) is 0 Å². The third-order valence-electron chi connectivity index (χ3n) is 3.22. The largest absolute Gasteiger partial charge is 0.493 e. The fraction of sp³-hybridized carbons (Fsp3) is 0.467. The first-order chi connectivity index (χ1) is 9.04. The number of esters is 1. The Morgan fingerprint density at radius 3 is 2.84 bits per heavy atom. The lowest BCUT2D eigenvalue weighted by Gasteiger charge is -2.12. The van der Waals surface area contributed by atoms with Gasteiger partial charge in [0, 0.05) is 6.42 Å². The Bertz CT molecular complexity index is 519. The molecule has 0 N–H and O–H groups in total. The summed E-state index contributed by atoms with van der Waals surface area (Å²) in [5.41, 5.74) is 2.40. The van der Waals surface area contributed by atoms with E-state index in [1.807, 2.05) is 19.9 Å². The number of ketones is 1. The highest BCUT2D eigenvalue weighted by molar-refractivity contribution is 6.10. The average molecular weight is 262 g/mol. The maximum Gasteiger partial charge on any atom is 0.316 e. The number of Topliss-reactive ketones (excluding diaryl/α,β-unsaturated/α-hetero) is 1. The average Bonchev–Trinajstić information content (AvgIpc) is 2.50. The number of hydrogen-bond donors (Lipinski definition) is 0. The van der Waals surface area contributed by atoms with E-state index in [1.165, 1.54) is 0 Å². The van der Waals surface area contributed by atoms with Crippen LogP contribution in [0.1, 0.15) is 34.8 Å². The topological polar surface area (TPSA) is 52.6 Å². The summed E-state index contributed by atoms with van der Waals surface area (Å²) in [5, 5.41) is 0. The number of fused-ring (bicyclic) bond motifs is 1. The van der Waals surface area contributed by atoms with Crippen LogP contribution in [-0.2, 0) is 9.53 Å². The minimum atomic E-state index is -0.748. The smallest absolute Gasteiger partial charge is 0.316 e. The van der Waals surface area contributed by atoms with Crippen molar-refractivity contribution in [3.8, 4) is 5.75 Å². The molecule has 0 fully saturated rings. The van der Waals surface area contributed by atoms with Gasteiger partial charge in [0.25, 0.3) is 0 Å². The summed E-state index contributed by atoms with van der Waals surface area (Å²) >= 11 is 0. The third kappa shape index (κ3) is 2.62. The molecule has 0 saturated carbocycles.